The van der Waals surface area contributed by atoms with E-state index in [0.29, 0.717) is 28.7 Å². The molecule has 27 heavy (non-hydrogen) atoms. The van der Waals surface area contributed by atoms with Crippen molar-refractivity contribution in [2.24, 2.45) is 0 Å². The van der Waals surface area contributed by atoms with Gasteiger partial charge in [-0.3, -0.25) is 9.89 Å². The molecule has 1 fully saturated rings. The van der Waals surface area contributed by atoms with Crippen LogP contribution >= 0.6 is 0 Å². The highest BCUT2D eigenvalue weighted by Crippen LogP contribution is 2.27. The fraction of sp³-hybridized carbons (Fsp3) is 0.316. The molecule has 0 atom stereocenters. The highest BCUT2D eigenvalue weighted by atomic mass is 19.1. The maximum atomic E-state index is 14.0. The SMILES string of the molecule is Cc1c(C(=O)Nc2cc(C3CCOCC3)[nH]n2)cnn1-c1ccccc1F. The lowest BCUT2D eigenvalue weighted by atomic mass is 9.97. The predicted molar refractivity (Wildman–Crippen MR) is 97.6 cm³/mol. The molecule has 0 saturated carbocycles. The monoisotopic (exact) mass is 369 g/mol. The second kappa shape index (κ2) is 7.32. The molecule has 0 bridgehead atoms. The summed E-state index contributed by atoms with van der Waals surface area (Å²) in [6.07, 6.45) is 3.30. The number of anilines is 1. The van der Waals surface area contributed by atoms with Crippen LogP contribution in [0.15, 0.2) is 36.5 Å². The number of hydrogen-bond acceptors (Lipinski definition) is 4. The lowest BCUT2D eigenvalue weighted by molar-refractivity contribution is 0.0845. The van der Waals surface area contributed by atoms with E-state index >= 15 is 0 Å². The van der Waals surface area contributed by atoms with Crippen LogP contribution in [0.25, 0.3) is 5.69 Å². The summed E-state index contributed by atoms with van der Waals surface area (Å²) in [6, 6.07) is 8.16. The van der Waals surface area contributed by atoms with Crippen molar-refractivity contribution in [3.05, 3.63) is 59.3 Å². The molecule has 3 aromatic rings. The topological polar surface area (TPSA) is 84.8 Å². The number of carbonyl (C=O) groups excluding carboxylic acids is 1. The van der Waals surface area contributed by atoms with Gasteiger partial charge in [0.1, 0.15) is 11.5 Å². The lowest BCUT2D eigenvalue weighted by Crippen LogP contribution is -2.14. The molecule has 1 aromatic carbocycles. The van der Waals surface area contributed by atoms with E-state index in [4.69, 9.17) is 4.74 Å². The molecule has 1 aliphatic heterocycles. The van der Waals surface area contributed by atoms with Gasteiger partial charge in [0.05, 0.1) is 17.5 Å². The third-order valence-corrected chi connectivity index (χ3v) is 4.84. The average Bonchev–Trinajstić information content (AvgIpc) is 3.30. The molecule has 0 unspecified atom stereocenters. The molecule has 2 aromatic heterocycles. The molecule has 140 valence electrons. The van der Waals surface area contributed by atoms with Gasteiger partial charge < -0.3 is 10.1 Å². The minimum Gasteiger partial charge on any atom is -0.381 e. The molecule has 1 saturated heterocycles. The third kappa shape index (κ3) is 3.48. The largest absolute Gasteiger partial charge is 0.381 e. The number of benzene rings is 1. The first-order valence-electron chi connectivity index (χ1n) is 8.87. The Morgan fingerprint density at radius 3 is 2.89 bits per heavy atom. The van der Waals surface area contributed by atoms with E-state index in [1.54, 1.807) is 25.1 Å². The first kappa shape index (κ1) is 17.4. The number of carbonyl (C=O) groups is 1. The van der Waals surface area contributed by atoms with Crippen LogP contribution in [0.4, 0.5) is 10.2 Å². The van der Waals surface area contributed by atoms with E-state index in [2.05, 4.69) is 20.6 Å². The number of halogens is 1. The van der Waals surface area contributed by atoms with Crippen LogP contribution < -0.4 is 5.32 Å². The summed E-state index contributed by atoms with van der Waals surface area (Å²) < 4.78 is 20.8. The maximum Gasteiger partial charge on any atom is 0.260 e. The number of aromatic amines is 1. The molecule has 1 amide bonds. The molecular weight excluding hydrogens is 349 g/mol. The van der Waals surface area contributed by atoms with Crippen LogP contribution in [0, 0.1) is 12.7 Å². The van der Waals surface area contributed by atoms with E-state index in [1.807, 2.05) is 6.07 Å². The highest BCUT2D eigenvalue weighted by molar-refractivity contribution is 6.04. The Morgan fingerprint density at radius 1 is 1.33 bits per heavy atom. The second-order valence-corrected chi connectivity index (χ2v) is 6.56. The molecular formula is C19H20FN5O2. The van der Waals surface area contributed by atoms with Crippen molar-refractivity contribution in [3.8, 4) is 5.69 Å². The smallest absolute Gasteiger partial charge is 0.260 e. The van der Waals surface area contributed by atoms with Gasteiger partial charge in [0, 0.05) is 30.9 Å². The molecule has 7 nitrogen and oxygen atoms in total. The van der Waals surface area contributed by atoms with Crippen LogP contribution in [-0.2, 0) is 4.74 Å². The Labute approximate surface area is 155 Å². The van der Waals surface area contributed by atoms with Crippen molar-refractivity contribution in [3.63, 3.8) is 0 Å². The van der Waals surface area contributed by atoms with Gasteiger partial charge in [0.2, 0.25) is 0 Å². The summed E-state index contributed by atoms with van der Waals surface area (Å²) in [7, 11) is 0. The van der Waals surface area contributed by atoms with Crippen molar-refractivity contribution in [1.82, 2.24) is 20.0 Å². The highest BCUT2D eigenvalue weighted by Gasteiger charge is 2.20. The summed E-state index contributed by atoms with van der Waals surface area (Å²) in [5.74, 6) is 0.0890. The quantitative estimate of drug-likeness (QED) is 0.740. The van der Waals surface area contributed by atoms with Gasteiger partial charge in [-0.2, -0.15) is 10.2 Å². The minimum absolute atomic E-state index is 0.302. The summed E-state index contributed by atoms with van der Waals surface area (Å²) in [6.45, 7) is 3.20. The number of ether oxygens (including phenoxy) is 1. The van der Waals surface area contributed by atoms with Crippen LogP contribution in [0.5, 0.6) is 0 Å². The van der Waals surface area contributed by atoms with Crippen LogP contribution in [0.2, 0.25) is 0 Å². The van der Waals surface area contributed by atoms with Crippen molar-refractivity contribution in [2.75, 3.05) is 18.5 Å². The van der Waals surface area contributed by atoms with Gasteiger partial charge in [-0.15, -0.1) is 0 Å². The van der Waals surface area contributed by atoms with Crippen molar-refractivity contribution in [2.45, 2.75) is 25.7 Å². The number of nitrogens with one attached hydrogen (secondary N) is 2. The first-order valence-corrected chi connectivity index (χ1v) is 8.87. The number of aromatic nitrogens is 4. The van der Waals surface area contributed by atoms with Crippen LogP contribution in [-0.4, -0.2) is 39.1 Å². The Hall–Kier alpha value is -3.00. The van der Waals surface area contributed by atoms with Crippen LogP contribution in [0.1, 0.15) is 40.5 Å². The predicted octanol–water partition coefficient (Wildman–Crippen LogP) is 3.19. The van der Waals surface area contributed by atoms with Gasteiger partial charge in [0.15, 0.2) is 5.82 Å². The minimum atomic E-state index is -0.399. The molecule has 0 spiro atoms. The number of nitrogens with zero attached hydrogens (tertiary/aromatic N) is 3. The van der Waals surface area contributed by atoms with Crippen molar-refractivity contribution < 1.29 is 13.9 Å². The molecule has 4 rings (SSSR count). The zero-order valence-electron chi connectivity index (χ0n) is 14.9. The second-order valence-electron chi connectivity index (χ2n) is 6.56. The van der Waals surface area contributed by atoms with Gasteiger partial charge in [-0.05, 0) is 31.9 Å². The molecule has 8 heteroatoms. The number of rotatable bonds is 4. The Morgan fingerprint density at radius 2 is 2.11 bits per heavy atom. The summed E-state index contributed by atoms with van der Waals surface area (Å²) in [4.78, 5) is 12.6. The standard InChI is InChI=1S/C19H20FN5O2/c1-12-14(11-21-25(12)17-5-3-2-4-15(17)20)19(26)22-18-10-16(23-24-18)13-6-8-27-9-7-13/h2-5,10-11,13H,6-9H2,1H3,(H2,22,23,24,26). The Kier molecular flexibility index (Phi) is 4.72. The Bertz CT molecular complexity index is 959. The van der Waals surface area contributed by atoms with Crippen molar-refractivity contribution >= 4 is 11.7 Å². The van der Waals surface area contributed by atoms with E-state index in [1.165, 1.54) is 16.9 Å². The lowest BCUT2D eigenvalue weighted by Gasteiger charge is -2.20. The van der Waals surface area contributed by atoms with Gasteiger partial charge in [-0.1, -0.05) is 12.1 Å². The third-order valence-electron chi connectivity index (χ3n) is 4.84. The molecule has 0 aliphatic carbocycles. The fourth-order valence-electron chi connectivity index (χ4n) is 3.30. The molecule has 0 radical (unpaired) electrons. The normalized spacial score (nSPS) is 15.0. The zero-order valence-corrected chi connectivity index (χ0v) is 14.9. The van der Waals surface area contributed by atoms with E-state index < -0.39 is 5.82 Å². The van der Waals surface area contributed by atoms with Crippen LogP contribution in [0.3, 0.4) is 0 Å². The van der Waals surface area contributed by atoms with E-state index in [-0.39, 0.29) is 5.91 Å². The van der Waals surface area contributed by atoms with E-state index in [0.717, 1.165) is 31.7 Å². The number of H-pyrrole nitrogens is 1. The number of hydrogen-bond donors (Lipinski definition) is 2. The number of amides is 1. The number of para-hydroxylation sites is 1. The van der Waals surface area contributed by atoms with Gasteiger partial charge in [0.25, 0.3) is 5.91 Å². The van der Waals surface area contributed by atoms with Crippen molar-refractivity contribution in [1.29, 1.82) is 0 Å². The fourth-order valence-corrected chi connectivity index (χ4v) is 3.30. The molecule has 2 N–H and O–H groups in total. The molecule has 1 aliphatic rings. The molecule has 3 heterocycles. The Balaban J connectivity index is 1.51. The average molecular weight is 369 g/mol. The van der Waals surface area contributed by atoms with Gasteiger partial charge >= 0.3 is 0 Å². The summed E-state index contributed by atoms with van der Waals surface area (Å²) in [5.41, 5.74) is 2.22. The van der Waals surface area contributed by atoms with E-state index in [9.17, 15) is 9.18 Å². The summed E-state index contributed by atoms with van der Waals surface area (Å²) in [5, 5.41) is 14.1. The maximum absolute atomic E-state index is 14.0. The van der Waals surface area contributed by atoms with Gasteiger partial charge in [-0.25, -0.2) is 9.07 Å². The zero-order chi connectivity index (χ0) is 18.8. The summed E-state index contributed by atoms with van der Waals surface area (Å²) >= 11 is 0. The first-order chi connectivity index (χ1) is 13.1.